The van der Waals surface area contributed by atoms with E-state index in [4.69, 9.17) is 15.1 Å². The summed E-state index contributed by atoms with van der Waals surface area (Å²) in [5.41, 5.74) is 0. The molecule has 0 fully saturated rings. The van der Waals surface area contributed by atoms with Gasteiger partial charge < -0.3 is 9.25 Å². The summed E-state index contributed by atoms with van der Waals surface area (Å²) >= 11 is 0. The van der Waals surface area contributed by atoms with Gasteiger partial charge in [-0.1, -0.05) is 5.16 Å². The van der Waals surface area contributed by atoms with Crippen molar-refractivity contribution in [2.75, 3.05) is 6.73 Å². The van der Waals surface area contributed by atoms with Crippen LogP contribution in [-0.4, -0.2) is 22.5 Å². The fourth-order valence-electron chi connectivity index (χ4n) is 1.09. The molecule has 0 saturated heterocycles. The van der Waals surface area contributed by atoms with Crippen LogP contribution in [0.2, 0.25) is 0 Å². The summed E-state index contributed by atoms with van der Waals surface area (Å²) in [6, 6.07) is 2.75. The standard InChI is InChI=1S/C8H8N4O4/c9-11-5-15-10-7(11)3-1-6-2-4-8(16-6)12(13)14/h1-4H,5,9H2/b3-1+. The Morgan fingerprint density at radius 2 is 2.38 bits per heavy atom. The molecule has 2 N–H and O–H groups in total. The molecule has 0 bridgehead atoms. The van der Waals surface area contributed by atoms with Crippen LogP contribution in [0.15, 0.2) is 27.8 Å². The lowest BCUT2D eigenvalue weighted by Crippen LogP contribution is -2.32. The molecule has 0 spiro atoms. The Labute approximate surface area is 89.7 Å². The van der Waals surface area contributed by atoms with Gasteiger partial charge in [0.15, 0.2) is 5.84 Å². The van der Waals surface area contributed by atoms with Gasteiger partial charge in [0.05, 0.1) is 6.07 Å². The molecule has 0 aliphatic carbocycles. The minimum atomic E-state index is -0.608. The summed E-state index contributed by atoms with van der Waals surface area (Å²) in [4.78, 5) is 14.4. The Bertz CT molecular complexity index is 464. The maximum absolute atomic E-state index is 10.3. The van der Waals surface area contributed by atoms with E-state index in [1.807, 2.05) is 0 Å². The molecule has 0 amide bonds. The highest BCUT2D eigenvalue weighted by molar-refractivity contribution is 5.95. The average molecular weight is 224 g/mol. The van der Waals surface area contributed by atoms with Crippen molar-refractivity contribution in [1.29, 1.82) is 0 Å². The minimum absolute atomic E-state index is 0.179. The third-order valence-corrected chi connectivity index (χ3v) is 1.84. The normalized spacial score (nSPS) is 15.3. The number of rotatable bonds is 3. The maximum atomic E-state index is 10.3. The zero-order valence-corrected chi connectivity index (χ0v) is 8.07. The van der Waals surface area contributed by atoms with Crippen LogP contribution in [0.25, 0.3) is 6.08 Å². The maximum Gasteiger partial charge on any atom is 0.433 e. The van der Waals surface area contributed by atoms with Crippen molar-refractivity contribution in [2.45, 2.75) is 0 Å². The highest BCUT2D eigenvalue weighted by Gasteiger charge is 2.13. The lowest BCUT2D eigenvalue weighted by atomic mass is 10.4. The molecule has 2 rings (SSSR count). The smallest absolute Gasteiger partial charge is 0.401 e. The van der Waals surface area contributed by atoms with Crippen molar-refractivity contribution >= 4 is 17.8 Å². The summed E-state index contributed by atoms with van der Waals surface area (Å²) in [6.45, 7) is 0.179. The van der Waals surface area contributed by atoms with E-state index < -0.39 is 4.92 Å². The van der Waals surface area contributed by atoms with E-state index in [9.17, 15) is 10.1 Å². The molecule has 1 aliphatic heterocycles. The predicted octanol–water partition coefficient (Wildman–Crippen LogP) is 0.678. The molecule has 1 aromatic rings. The molecule has 0 radical (unpaired) electrons. The molecule has 0 atom stereocenters. The molecule has 16 heavy (non-hydrogen) atoms. The molecule has 1 aromatic heterocycles. The molecular weight excluding hydrogens is 216 g/mol. The zero-order valence-electron chi connectivity index (χ0n) is 8.07. The number of nitrogens with two attached hydrogens (primary N) is 1. The highest BCUT2D eigenvalue weighted by Crippen LogP contribution is 2.16. The zero-order chi connectivity index (χ0) is 11.5. The van der Waals surface area contributed by atoms with Crippen LogP contribution in [0.1, 0.15) is 5.76 Å². The second-order valence-electron chi connectivity index (χ2n) is 2.94. The van der Waals surface area contributed by atoms with Crippen LogP contribution in [0, 0.1) is 10.1 Å². The lowest BCUT2D eigenvalue weighted by molar-refractivity contribution is -0.402. The number of oxime groups is 1. The van der Waals surface area contributed by atoms with Gasteiger partial charge in [0.1, 0.15) is 10.7 Å². The summed E-state index contributed by atoms with van der Waals surface area (Å²) in [5.74, 6) is 5.93. The van der Waals surface area contributed by atoms with Crippen LogP contribution in [0.5, 0.6) is 0 Å². The van der Waals surface area contributed by atoms with Gasteiger partial charge in [-0.2, -0.15) is 0 Å². The Hall–Kier alpha value is -2.35. The quantitative estimate of drug-likeness (QED) is 0.459. The Morgan fingerprint density at radius 3 is 2.94 bits per heavy atom. The topological polar surface area (TPSA) is 107 Å². The van der Waals surface area contributed by atoms with Gasteiger partial charge >= 0.3 is 5.88 Å². The first kappa shape index (κ1) is 10.2. The first-order valence-corrected chi connectivity index (χ1v) is 4.31. The third-order valence-electron chi connectivity index (χ3n) is 1.84. The van der Waals surface area contributed by atoms with Gasteiger partial charge in [-0.25, -0.2) is 5.84 Å². The van der Waals surface area contributed by atoms with E-state index in [0.29, 0.717) is 11.6 Å². The van der Waals surface area contributed by atoms with Crippen LogP contribution in [0.3, 0.4) is 0 Å². The lowest BCUT2D eigenvalue weighted by Gasteiger charge is -2.04. The number of nitro groups is 1. The van der Waals surface area contributed by atoms with E-state index in [2.05, 4.69) is 5.16 Å². The van der Waals surface area contributed by atoms with Gasteiger partial charge in [0.2, 0.25) is 6.73 Å². The number of hydrogen-bond acceptors (Lipinski definition) is 7. The number of furan rings is 1. The number of amidine groups is 1. The predicted molar refractivity (Wildman–Crippen MR) is 53.8 cm³/mol. The van der Waals surface area contributed by atoms with Crippen molar-refractivity contribution in [3.05, 3.63) is 34.1 Å². The van der Waals surface area contributed by atoms with E-state index >= 15 is 0 Å². The molecule has 8 heteroatoms. The average Bonchev–Trinajstić information content (AvgIpc) is 2.83. The molecule has 1 aliphatic rings. The first-order chi connectivity index (χ1) is 7.66. The summed E-state index contributed by atoms with van der Waals surface area (Å²) < 4.78 is 4.90. The Balaban J connectivity index is 2.08. The molecule has 2 heterocycles. The third kappa shape index (κ3) is 2.01. The fraction of sp³-hybridized carbons (Fsp3) is 0.125. The van der Waals surface area contributed by atoms with Gasteiger partial charge in [-0.05, 0) is 18.2 Å². The monoisotopic (exact) mass is 224 g/mol. The SMILES string of the molecule is NN1CON=C1/C=C/c1ccc([N+](=O)[O-])o1. The Kier molecular flexibility index (Phi) is 2.56. The van der Waals surface area contributed by atoms with Crippen molar-refractivity contribution in [1.82, 2.24) is 5.01 Å². The number of nitrogens with zero attached hydrogens (tertiary/aromatic N) is 3. The molecule has 0 aromatic carbocycles. The van der Waals surface area contributed by atoms with Crippen LogP contribution in [-0.2, 0) is 4.84 Å². The van der Waals surface area contributed by atoms with Crippen molar-refractivity contribution in [3.63, 3.8) is 0 Å². The highest BCUT2D eigenvalue weighted by atomic mass is 16.7. The summed E-state index contributed by atoms with van der Waals surface area (Å²) in [7, 11) is 0. The van der Waals surface area contributed by atoms with Crippen LogP contribution in [0.4, 0.5) is 5.88 Å². The number of hydrazine groups is 1. The first-order valence-electron chi connectivity index (χ1n) is 4.31. The van der Waals surface area contributed by atoms with E-state index in [1.165, 1.54) is 29.3 Å². The van der Waals surface area contributed by atoms with Crippen LogP contribution >= 0.6 is 0 Å². The van der Waals surface area contributed by atoms with Crippen molar-refractivity contribution < 1.29 is 14.2 Å². The van der Waals surface area contributed by atoms with E-state index in [1.54, 1.807) is 0 Å². The molecule has 0 saturated carbocycles. The Morgan fingerprint density at radius 1 is 1.56 bits per heavy atom. The molecule has 0 unspecified atom stereocenters. The molecule has 84 valence electrons. The van der Waals surface area contributed by atoms with E-state index in [0.717, 1.165) is 0 Å². The second-order valence-corrected chi connectivity index (χ2v) is 2.94. The minimum Gasteiger partial charge on any atom is -0.401 e. The molecule has 8 nitrogen and oxygen atoms in total. The fourth-order valence-corrected chi connectivity index (χ4v) is 1.09. The summed E-state index contributed by atoms with van der Waals surface area (Å²) in [5, 5.41) is 15.3. The van der Waals surface area contributed by atoms with E-state index in [-0.39, 0.29) is 12.6 Å². The van der Waals surface area contributed by atoms with Crippen molar-refractivity contribution in [3.8, 4) is 0 Å². The summed E-state index contributed by atoms with van der Waals surface area (Å²) in [6.07, 6.45) is 3.05. The van der Waals surface area contributed by atoms with Gasteiger partial charge in [-0.15, -0.1) is 0 Å². The van der Waals surface area contributed by atoms with Gasteiger partial charge in [0.25, 0.3) is 0 Å². The second kappa shape index (κ2) is 4.03. The number of hydrogen-bond donors (Lipinski definition) is 1. The van der Waals surface area contributed by atoms with Gasteiger partial charge in [-0.3, -0.25) is 15.1 Å². The van der Waals surface area contributed by atoms with Crippen molar-refractivity contribution in [2.24, 2.45) is 11.0 Å². The molecular formula is C8H8N4O4. The van der Waals surface area contributed by atoms with Gasteiger partial charge in [0, 0.05) is 0 Å². The largest absolute Gasteiger partial charge is 0.433 e. The van der Waals surface area contributed by atoms with Crippen LogP contribution < -0.4 is 5.84 Å².